The largest absolute Gasteiger partial charge is 0.399 e. The minimum Gasteiger partial charge on any atom is -0.399 e. The van der Waals surface area contributed by atoms with Crippen molar-refractivity contribution in [1.82, 2.24) is 0 Å². The van der Waals surface area contributed by atoms with Gasteiger partial charge in [-0.25, -0.2) is 0 Å². The maximum absolute atomic E-state index is 8.75. The zero-order valence-electron chi connectivity index (χ0n) is 4.17. The van der Waals surface area contributed by atoms with Crippen LogP contribution in [0.1, 0.15) is 6.42 Å². The summed E-state index contributed by atoms with van der Waals surface area (Å²) in [7, 11) is 0.779. The zero-order chi connectivity index (χ0) is 5.28. The van der Waals surface area contributed by atoms with E-state index in [9.17, 15) is 0 Å². The fourth-order valence-corrected chi connectivity index (χ4v) is 0.921. The molecule has 0 amide bonds. The Morgan fingerprint density at radius 2 is 2.14 bits per heavy atom. The molecule has 1 rings (SSSR count). The quantitative estimate of drug-likeness (QED) is 0.380. The molecule has 0 aromatic carbocycles. The molecule has 0 bridgehead atoms. The number of hydrogen-bond donors (Lipinski definition) is 2. The van der Waals surface area contributed by atoms with Gasteiger partial charge in [-0.1, -0.05) is 6.32 Å². The van der Waals surface area contributed by atoms with E-state index in [2.05, 4.69) is 0 Å². The summed E-state index contributed by atoms with van der Waals surface area (Å²) in [4.78, 5) is 0. The van der Waals surface area contributed by atoms with Crippen molar-refractivity contribution in [2.45, 2.75) is 24.8 Å². The summed E-state index contributed by atoms with van der Waals surface area (Å²) in [6.07, 6.45) is 1.32. The fraction of sp³-hybridized carbons (Fsp3) is 1.00. The summed E-state index contributed by atoms with van der Waals surface area (Å²) >= 11 is 0. The van der Waals surface area contributed by atoms with Crippen molar-refractivity contribution in [3.63, 3.8) is 0 Å². The molecule has 0 aromatic rings. The molecule has 40 valence electrons. The van der Waals surface area contributed by atoms with Crippen LogP contribution in [-0.2, 0) is 0 Å². The van der Waals surface area contributed by atoms with Gasteiger partial charge in [-0.05, 0) is 6.42 Å². The highest BCUT2D eigenvalue weighted by Crippen LogP contribution is 2.11. The third-order valence-electron chi connectivity index (χ3n) is 1.44. The Bertz CT molecular complexity index is 58.7. The average Bonchev–Trinajstić information content (AvgIpc) is 1.91. The van der Waals surface area contributed by atoms with Gasteiger partial charge in [0.2, 0.25) is 0 Å². The number of aliphatic hydroxyl groups is 2. The topological polar surface area (TPSA) is 40.5 Å². The van der Waals surface area contributed by atoms with E-state index in [0.29, 0.717) is 0 Å². The van der Waals surface area contributed by atoms with Crippen molar-refractivity contribution in [1.29, 1.82) is 0 Å². The first-order valence-corrected chi connectivity index (χ1v) is 2.67. The van der Waals surface area contributed by atoms with Crippen LogP contribution < -0.4 is 0 Å². The van der Waals surface area contributed by atoms with Crippen molar-refractivity contribution in [2.75, 3.05) is 0 Å². The molecule has 7 heavy (non-hydrogen) atoms. The lowest BCUT2D eigenvalue weighted by molar-refractivity contribution is 0.0758. The third kappa shape index (κ3) is 0.953. The summed E-state index contributed by atoms with van der Waals surface area (Å²) in [6.45, 7) is 0. The van der Waals surface area contributed by atoms with Gasteiger partial charge in [0, 0.05) is 0 Å². The molecule has 2 unspecified atom stereocenters. The van der Waals surface area contributed by atoms with E-state index >= 15 is 0 Å². The van der Waals surface area contributed by atoms with E-state index in [4.69, 9.17) is 10.2 Å². The van der Waals surface area contributed by atoms with E-state index in [1.807, 2.05) is 0 Å². The summed E-state index contributed by atoms with van der Waals surface area (Å²) in [6, 6.07) is -0.431. The maximum Gasteiger partial charge on any atom is 0.160 e. The van der Waals surface area contributed by atoms with E-state index < -0.39 is 12.1 Å². The van der Waals surface area contributed by atoms with Crippen molar-refractivity contribution >= 4 is 7.28 Å². The summed E-state index contributed by atoms with van der Waals surface area (Å²) in [5, 5.41) is 17.5. The highest BCUT2D eigenvalue weighted by molar-refractivity contribution is 6.38. The van der Waals surface area contributed by atoms with Crippen LogP contribution in [0.4, 0.5) is 0 Å². The van der Waals surface area contributed by atoms with Crippen LogP contribution in [0.15, 0.2) is 0 Å². The third-order valence-corrected chi connectivity index (χ3v) is 1.44. The Kier molecular flexibility index (Phi) is 1.35. The SMILES string of the molecule is OC1BCCC1O. The van der Waals surface area contributed by atoms with Crippen molar-refractivity contribution in [3.8, 4) is 0 Å². The van der Waals surface area contributed by atoms with E-state index in [-0.39, 0.29) is 0 Å². The van der Waals surface area contributed by atoms with Gasteiger partial charge in [0.25, 0.3) is 0 Å². The maximum atomic E-state index is 8.75. The molecule has 2 atom stereocenters. The lowest BCUT2D eigenvalue weighted by atomic mass is 9.74. The van der Waals surface area contributed by atoms with Gasteiger partial charge in [-0.3, -0.25) is 0 Å². The Morgan fingerprint density at radius 3 is 2.29 bits per heavy atom. The summed E-state index contributed by atoms with van der Waals surface area (Å²) in [5.74, 6) is 0. The Labute approximate surface area is 43.4 Å². The summed E-state index contributed by atoms with van der Waals surface area (Å²) < 4.78 is 0. The molecule has 3 heteroatoms. The van der Waals surface area contributed by atoms with Gasteiger partial charge in [0.05, 0.1) is 12.1 Å². The smallest absolute Gasteiger partial charge is 0.160 e. The van der Waals surface area contributed by atoms with Crippen molar-refractivity contribution < 1.29 is 10.2 Å². The number of rotatable bonds is 0. The predicted octanol–water partition coefficient (Wildman–Crippen LogP) is -1.08. The molecule has 1 heterocycles. The molecule has 1 fully saturated rings. The molecule has 1 aliphatic rings. The van der Waals surface area contributed by atoms with Gasteiger partial charge in [-0.2, -0.15) is 0 Å². The minimum atomic E-state index is -0.431. The molecule has 1 saturated heterocycles. The van der Waals surface area contributed by atoms with Gasteiger partial charge in [0.15, 0.2) is 7.28 Å². The first-order chi connectivity index (χ1) is 3.30. The number of hydrogen-bond acceptors (Lipinski definition) is 2. The highest BCUT2D eigenvalue weighted by Gasteiger charge is 2.23. The van der Waals surface area contributed by atoms with Gasteiger partial charge < -0.3 is 10.2 Å². The lowest BCUT2D eigenvalue weighted by Gasteiger charge is -2.03. The average molecular weight is 99.9 g/mol. The second-order valence-electron chi connectivity index (χ2n) is 2.07. The number of aliphatic hydroxyl groups excluding tert-OH is 2. The second-order valence-corrected chi connectivity index (χ2v) is 2.07. The minimum absolute atomic E-state index is 0.431. The van der Waals surface area contributed by atoms with E-state index in [1.165, 1.54) is 0 Å². The van der Waals surface area contributed by atoms with Crippen LogP contribution in [0.3, 0.4) is 0 Å². The first kappa shape index (κ1) is 5.13. The lowest BCUT2D eigenvalue weighted by Crippen LogP contribution is -2.22. The molecule has 1 aliphatic heterocycles. The molecule has 0 aliphatic carbocycles. The van der Waals surface area contributed by atoms with Crippen LogP contribution in [-0.4, -0.2) is 29.6 Å². The van der Waals surface area contributed by atoms with Crippen LogP contribution in [0.2, 0.25) is 6.32 Å². The fourth-order valence-electron chi connectivity index (χ4n) is 0.921. The van der Waals surface area contributed by atoms with Crippen LogP contribution in [0, 0.1) is 0 Å². The second kappa shape index (κ2) is 1.84. The molecule has 0 aromatic heterocycles. The van der Waals surface area contributed by atoms with Crippen molar-refractivity contribution in [3.05, 3.63) is 0 Å². The standard InChI is InChI=1S/C4H9BO2/c6-3-1-2-5-4(3)7/h3-7H,1-2H2. The van der Waals surface area contributed by atoms with E-state index in [1.54, 1.807) is 0 Å². The van der Waals surface area contributed by atoms with Gasteiger partial charge >= 0.3 is 0 Å². The highest BCUT2D eigenvalue weighted by atomic mass is 16.3. The molecule has 0 spiro atoms. The first-order valence-electron chi connectivity index (χ1n) is 2.67. The molecular weight excluding hydrogens is 90.9 g/mol. The van der Waals surface area contributed by atoms with Crippen LogP contribution in [0.25, 0.3) is 0 Å². The Balaban J connectivity index is 2.33. The molecule has 0 radical (unpaired) electrons. The Morgan fingerprint density at radius 1 is 1.43 bits per heavy atom. The van der Waals surface area contributed by atoms with Crippen LogP contribution in [0.5, 0.6) is 0 Å². The van der Waals surface area contributed by atoms with Crippen LogP contribution >= 0.6 is 0 Å². The predicted molar refractivity (Wildman–Crippen MR) is 28.6 cm³/mol. The molecular formula is C4H9BO2. The van der Waals surface area contributed by atoms with Gasteiger partial charge in [-0.15, -0.1) is 0 Å². The molecule has 0 saturated carbocycles. The monoisotopic (exact) mass is 100 g/mol. The molecule has 2 N–H and O–H groups in total. The van der Waals surface area contributed by atoms with Crippen molar-refractivity contribution in [2.24, 2.45) is 0 Å². The normalized spacial score (nSPS) is 40.9. The summed E-state index contributed by atoms with van der Waals surface area (Å²) in [5.41, 5.74) is 0. The van der Waals surface area contributed by atoms with E-state index in [0.717, 1.165) is 20.0 Å². The zero-order valence-corrected chi connectivity index (χ0v) is 4.17. The Hall–Kier alpha value is -0.0151. The van der Waals surface area contributed by atoms with Gasteiger partial charge in [0.1, 0.15) is 0 Å². The molecule has 2 nitrogen and oxygen atoms in total.